The standard InChI is InChI=1S/C16H24N2O4S/c1-11(2)18-23(20,21)14-8-6-13(7-9-14)16(19)17-12(3)15-5-4-10-22-15/h6-9,11-12,15,18H,4-5,10H2,1-3H3,(H,17,19). The van der Waals surface area contributed by atoms with Crippen molar-refractivity contribution in [2.45, 2.75) is 56.7 Å². The van der Waals surface area contributed by atoms with Gasteiger partial charge >= 0.3 is 0 Å². The summed E-state index contributed by atoms with van der Waals surface area (Å²) in [5.74, 6) is -0.228. The lowest BCUT2D eigenvalue weighted by atomic mass is 10.1. The smallest absolute Gasteiger partial charge is 0.251 e. The van der Waals surface area contributed by atoms with Crippen LogP contribution in [0.4, 0.5) is 0 Å². The fourth-order valence-electron chi connectivity index (χ4n) is 2.54. The molecule has 2 N–H and O–H groups in total. The average Bonchev–Trinajstić information content (AvgIpc) is 3.00. The number of rotatable bonds is 6. The molecule has 0 aromatic heterocycles. The number of hydrogen-bond acceptors (Lipinski definition) is 4. The highest BCUT2D eigenvalue weighted by molar-refractivity contribution is 7.89. The maximum Gasteiger partial charge on any atom is 0.251 e. The van der Waals surface area contributed by atoms with Gasteiger partial charge in [0.15, 0.2) is 0 Å². The van der Waals surface area contributed by atoms with Gasteiger partial charge in [0.05, 0.1) is 17.0 Å². The summed E-state index contributed by atoms with van der Waals surface area (Å²) in [4.78, 5) is 12.4. The van der Waals surface area contributed by atoms with E-state index >= 15 is 0 Å². The molecule has 1 heterocycles. The Morgan fingerprint density at radius 2 is 1.87 bits per heavy atom. The minimum atomic E-state index is -3.54. The first-order valence-electron chi connectivity index (χ1n) is 7.84. The Morgan fingerprint density at radius 1 is 1.22 bits per heavy atom. The third-order valence-electron chi connectivity index (χ3n) is 3.70. The zero-order valence-corrected chi connectivity index (χ0v) is 14.5. The summed E-state index contributed by atoms with van der Waals surface area (Å²) in [6.45, 7) is 6.16. The highest BCUT2D eigenvalue weighted by Gasteiger charge is 2.24. The Kier molecular flexibility index (Phi) is 5.78. The summed E-state index contributed by atoms with van der Waals surface area (Å²) in [5, 5.41) is 2.90. The number of nitrogens with one attached hydrogen (secondary N) is 2. The van der Waals surface area contributed by atoms with Gasteiger partial charge < -0.3 is 10.1 Å². The first-order chi connectivity index (χ1) is 10.8. The molecule has 128 valence electrons. The molecule has 23 heavy (non-hydrogen) atoms. The quantitative estimate of drug-likeness (QED) is 0.825. The molecule has 2 unspecified atom stereocenters. The molecule has 7 heteroatoms. The van der Waals surface area contributed by atoms with E-state index in [1.165, 1.54) is 24.3 Å². The zero-order valence-electron chi connectivity index (χ0n) is 13.7. The van der Waals surface area contributed by atoms with E-state index in [-0.39, 0.29) is 29.0 Å². The molecule has 0 aliphatic carbocycles. The van der Waals surface area contributed by atoms with Crippen molar-refractivity contribution in [3.63, 3.8) is 0 Å². The fraction of sp³-hybridized carbons (Fsp3) is 0.562. The van der Waals surface area contributed by atoms with Gasteiger partial charge in [-0.25, -0.2) is 13.1 Å². The lowest BCUT2D eigenvalue weighted by Crippen LogP contribution is -2.40. The minimum Gasteiger partial charge on any atom is -0.376 e. The summed E-state index contributed by atoms with van der Waals surface area (Å²) in [5.41, 5.74) is 0.429. The molecule has 1 aliphatic rings. The van der Waals surface area contributed by atoms with E-state index in [0.29, 0.717) is 5.56 Å². The topological polar surface area (TPSA) is 84.5 Å². The lowest BCUT2D eigenvalue weighted by molar-refractivity contribution is 0.0712. The second-order valence-corrected chi connectivity index (χ2v) is 7.83. The SMILES string of the molecule is CC(C)NS(=O)(=O)c1ccc(C(=O)NC(C)C2CCCO2)cc1. The van der Waals surface area contributed by atoms with Gasteiger partial charge in [-0.1, -0.05) is 0 Å². The van der Waals surface area contributed by atoms with Crippen LogP contribution in [0, 0.1) is 0 Å². The molecule has 1 aromatic rings. The van der Waals surface area contributed by atoms with Crippen LogP contribution in [0.2, 0.25) is 0 Å². The van der Waals surface area contributed by atoms with Crippen molar-refractivity contribution >= 4 is 15.9 Å². The van der Waals surface area contributed by atoms with Crippen molar-refractivity contribution in [1.82, 2.24) is 10.0 Å². The summed E-state index contributed by atoms with van der Waals surface area (Å²) in [6, 6.07) is 5.66. The van der Waals surface area contributed by atoms with Gasteiger partial charge in [-0.15, -0.1) is 0 Å². The third-order valence-corrected chi connectivity index (χ3v) is 5.37. The monoisotopic (exact) mass is 340 g/mol. The molecule has 0 bridgehead atoms. The van der Waals surface area contributed by atoms with Gasteiger partial charge in [-0.2, -0.15) is 0 Å². The van der Waals surface area contributed by atoms with E-state index in [1.807, 2.05) is 6.92 Å². The normalized spacial score (nSPS) is 19.7. The molecule has 0 radical (unpaired) electrons. The second-order valence-electron chi connectivity index (χ2n) is 6.11. The summed E-state index contributed by atoms with van der Waals surface area (Å²) in [7, 11) is -3.54. The average molecular weight is 340 g/mol. The fourth-order valence-corrected chi connectivity index (χ4v) is 3.79. The van der Waals surface area contributed by atoms with Crippen molar-refractivity contribution in [1.29, 1.82) is 0 Å². The maximum atomic E-state index is 12.2. The van der Waals surface area contributed by atoms with Crippen LogP contribution in [-0.4, -0.2) is 39.1 Å². The molecule has 1 aliphatic heterocycles. The molecular weight excluding hydrogens is 316 g/mol. The van der Waals surface area contributed by atoms with E-state index in [0.717, 1.165) is 19.4 Å². The number of ether oxygens (including phenoxy) is 1. The number of sulfonamides is 1. The predicted octanol–water partition coefficient (Wildman–Crippen LogP) is 1.67. The van der Waals surface area contributed by atoms with Crippen molar-refractivity contribution in [3.05, 3.63) is 29.8 Å². The largest absolute Gasteiger partial charge is 0.376 e. The zero-order chi connectivity index (χ0) is 17.0. The molecule has 1 saturated heterocycles. The van der Waals surface area contributed by atoms with Crippen LogP contribution >= 0.6 is 0 Å². The summed E-state index contributed by atoms with van der Waals surface area (Å²) >= 11 is 0. The maximum absolute atomic E-state index is 12.2. The van der Waals surface area contributed by atoms with E-state index < -0.39 is 10.0 Å². The first-order valence-corrected chi connectivity index (χ1v) is 9.33. The highest BCUT2D eigenvalue weighted by Crippen LogP contribution is 2.16. The molecule has 1 aromatic carbocycles. The van der Waals surface area contributed by atoms with Gasteiger partial charge in [0.2, 0.25) is 10.0 Å². The number of carbonyl (C=O) groups is 1. The van der Waals surface area contributed by atoms with Crippen LogP contribution in [0.1, 0.15) is 44.0 Å². The Morgan fingerprint density at radius 3 is 2.39 bits per heavy atom. The van der Waals surface area contributed by atoms with Crippen molar-refractivity contribution in [3.8, 4) is 0 Å². The molecular formula is C16H24N2O4S. The van der Waals surface area contributed by atoms with Crippen LogP contribution < -0.4 is 10.0 Å². The second kappa shape index (κ2) is 7.42. The van der Waals surface area contributed by atoms with Crippen molar-refractivity contribution in [2.75, 3.05) is 6.61 Å². The summed E-state index contributed by atoms with van der Waals surface area (Å²) in [6.07, 6.45) is 2.01. The van der Waals surface area contributed by atoms with Gasteiger partial charge in [0.25, 0.3) is 5.91 Å². The predicted molar refractivity (Wildman–Crippen MR) is 87.8 cm³/mol. The van der Waals surface area contributed by atoms with E-state index in [9.17, 15) is 13.2 Å². The summed E-state index contributed by atoms with van der Waals surface area (Å²) < 4.78 is 32.2. The van der Waals surface area contributed by atoms with Crippen LogP contribution in [0.15, 0.2) is 29.2 Å². The molecule has 6 nitrogen and oxygen atoms in total. The molecule has 1 fully saturated rings. The van der Waals surface area contributed by atoms with Crippen LogP contribution in [0.25, 0.3) is 0 Å². The highest BCUT2D eigenvalue weighted by atomic mass is 32.2. The first kappa shape index (κ1) is 17.9. The Balaban J connectivity index is 2.02. The Labute approximate surface area is 137 Å². The van der Waals surface area contributed by atoms with E-state index in [4.69, 9.17) is 4.74 Å². The number of amides is 1. The van der Waals surface area contributed by atoms with Gasteiger partial charge in [-0.05, 0) is 57.9 Å². The van der Waals surface area contributed by atoms with Crippen molar-refractivity contribution in [2.24, 2.45) is 0 Å². The molecule has 2 atom stereocenters. The van der Waals surface area contributed by atoms with Gasteiger partial charge in [0.1, 0.15) is 0 Å². The molecule has 1 amide bonds. The minimum absolute atomic E-state index is 0.0499. The lowest BCUT2D eigenvalue weighted by Gasteiger charge is -2.20. The van der Waals surface area contributed by atoms with Gasteiger partial charge in [-0.3, -0.25) is 4.79 Å². The molecule has 0 spiro atoms. The number of benzene rings is 1. The van der Waals surface area contributed by atoms with E-state index in [1.54, 1.807) is 13.8 Å². The van der Waals surface area contributed by atoms with E-state index in [2.05, 4.69) is 10.0 Å². The van der Waals surface area contributed by atoms with Crippen LogP contribution in [0.5, 0.6) is 0 Å². The third kappa shape index (κ3) is 4.76. The van der Waals surface area contributed by atoms with Gasteiger partial charge in [0, 0.05) is 18.2 Å². The van der Waals surface area contributed by atoms with Crippen LogP contribution in [0.3, 0.4) is 0 Å². The molecule has 0 saturated carbocycles. The number of hydrogen-bond donors (Lipinski definition) is 2. The Bertz CT molecular complexity index is 635. The van der Waals surface area contributed by atoms with Crippen molar-refractivity contribution < 1.29 is 17.9 Å². The molecule has 2 rings (SSSR count). The Hall–Kier alpha value is -1.44. The van der Waals surface area contributed by atoms with Crippen LogP contribution in [-0.2, 0) is 14.8 Å². The number of carbonyl (C=O) groups excluding carboxylic acids is 1.